The van der Waals surface area contributed by atoms with Crippen molar-refractivity contribution in [2.24, 2.45) is 0 Å². The summed E-state index contributed by atoms with van der Waals surface area (Å²) in [6.07, 6.45) is 0. The third-order valence-corrected chi connectivity index (χ3v) is 3.42. The Morgan fingerprint density at radius 3 is 2.74 bits per heavy atom. The molecule has 0 aliphatic carbocycles. The Kier molecular flexibility index (Phi) is 4.66. The van der Waals surface area contributed by atoms with Crippen LogP contribution in [0.5, 0.6) is 5.75 Å². The lowest BCUT2D eigenvalue weighted by molar-refractivity contribution is 0.263. The molecule has 0 bridgehead atoms. The topological polar surface area (TPSA) is 34.4 Å². The van der Waals surface area contributed by atoms with Crippen LogP contribution in [0.25, 0.3) is 0 Å². The van der Waals surface area contributed by atoms with Crippen molar-refractivity contribution in [2.45, 2.75) is 27.0 Å². The molecule has 19 heavy (non-hydrogen) atoms. The molecule has 1 aromatic carbocycles. The highest BCUT2D eigenvalue weighted by Crippen LogP contribution is 2.24. The number of rotatable bonds is 5. The molecule has 0 unspecified atom stereocenters. The van der Waals surface area contributed by atoms with Crippen molar-refractivity contribution < 1.29 is 9.15 Å². The fourth-order valence-corrected chi connectivity index (χ4v) is 2.22. The summed E-state index contributed by atoms with van der Waals surface area (Å²) in [4.78, 5) is 0. The van der Waals surface area contributed by atoms with Gasteiger partial charge in [0.05, 0.1) is 6.54 Å². The lowest BCUT2D eigenvalue weighted by Crippen LogP contribution is -2.04. The zero-order valence-electron chi connectivity index (χ0n) is 11.4. The number of benzene rings is 1. The van der Waals surface area contributed by atoms with Gasteiger partial charge in [0.2, 0.25) is 0 Å². The van der Waals surface area contributed by atoms with E-state index in [1.807, 2.05) is 45.2 Å². The number of furan rings is 1. The van der Waals surface area contributed by atoms with E-state index in [4.69, 9.17) is 9.15 Å². The predicted molar refractivity (Wildman–Crippen MR) is 79.4 cm³/mol. The summed E-state index contributed by atoms with van der Waals surface area (Å²) in [6.45, 7) is 5.26. The van der Waals surface area contributed by atoms with E-state index in [0.29, 0.717) is 6.61 Å². The summed E-state index contributed by atoms with van der Waals surface area (Å²) in [6, 6.07) is 8.03. The zero-order chi connectivity index (χ0) is 13.8. The van der Waals surface area contributed by atoms with Gasteiger partial charge in [-0.1, -0.05) is 22.0 Å². The molecular formula is C15H18BrNO2. The molecule has 0 fully saturated rings. The maximum atomic E-state index is 5.81. The monoisotopic (exact) mass is 323 g/mol. The van der Waals surface area contributed by atoms with Gasteiger partial charge in [0.1, 0.15) is 23.9 Å². The second-order valence-corrected chi connectivity index (χ2v) is 5.46. The second kappa shape index (κ2) is 6.26. The molecule has 0 saturated heterocycles. The molecule has 0 spiro atoms. The van der Waals surface area contributed by atoms with E-state index < -0.39 is 0 Å². The van der Waals surface area contributed by atoms with E-state index >= 15 is 0 Å². The van der Waals surface area contributed by atoms with Crippen LogP contribution in [0.1, 0.15) is 22.6 Å². The first-order valence-electron chi connectivity index (χ1n) is 6.22. The average Bonchev–Trinajstić information content (AvgIpc) is 2.72. The Labute approximate surface area is 122 Å². The van der Waals surface area contributed by atoms with Gasteiger partial charge in [-0.05, 0) is 50.2 Å². The molecule has 0 aliphatic heterocycles. The Hall–Kier alpha value is -1.26. The minimum absolute atomic E-state index is 0.446. The molecule has 2 rings (SSSR count). The van der Waals surface area contributed by atoms with Gasteiger partial charge in [-0.15, -0.1) is 0 Å². The van der Waals surface area contributed by atoms with Crippen LogP contribution >= 0.6 is 15.9 Å². The van der Waals surface area contributed by atoms with E-state index in [0.717, 1.165) is 39.4 Å². The van der Waals surface area contributed by atoms with Crippen molar-refractivity contribution in [1.82, 2.24) is 5.32 Å². The lowest BCUT2D eigenvalue weighted by Gasteiger charge is -2.08. The van der Waals surface area contributed by atoms with Crippen molar-refractivity contribution in [3.63, 3.8) is 0 Å². The Morgan fingerprint density at radius 2 is 2.00 bits per heavy atom. The van der Waals surface area contributed by atoms with Crippen molar-refractivity contribution in [1.29, 1.82) is 0 Å². The predicted octanol–water partition coefficient (Wildman–Crippen LogP) is 3.96. The van der Waals surface area contributed by atoms with Crippen LogP contribution in [0.4, 0.5) is 0 Å². The normalized spacial score (nSPS) is 10.7. The quantitative estimate of drug-likeness (QED) is 0.904. The van der Waals surface area contributed by atoms with Gasteiger partial charge in [0, 0.05) is 4.47 Å². The third-order valence-electron chi connectivity index (χ3n) is 2.93. The molecule has 0 amide bonds. The highest BCUT2D eigenvalue weighted by molar-refractivity contribution is 9.10. The molecule has 2 aromatic rings. The number of hydrogen-bond acceptors (Lipinski definition) is 3. The first kappa shape index (κ1) is 14.2. The van der Waals surface area contributed by atoms with Gasteiger partial charge in [-0.25, -0.2) is 0 Å². The van der Waals surface area contributed by atoms with Gasteiger partial charge in [-0.3, -0.25) is 0 Å². The van der Waals surface area contributed by atoms with Crippen LogP contribution in [0.2, 0.25) is 0 Å². The van der Waals surface area contributed by atoms with E-state index in [-0.39, 0.29) is 0 Å². The van der Waals surface area contributed by atoms with Crippen molar-refractivity contribution >= 4 is 15.9 Å². The highest BCUT2D eigenvalue weighted by atomic mass is 79.9. The molecule has 0 aliphatic rings. The van der Waals surface area contributed by atoms with Gasteiger partial charge >= 0.3 is 0 Å². The third kappa shape index (κ3) is 3.61. The molecule has 0 saturated carbocycles. The highest BCUT2D eigenvalue weighted by Gasteiger charge is 2.08. The van der Waals surface area contributed by atoms with Crippen LogP contribution in [-0.2, 0) is 13.2 Å². The molecular weight excluding hydrogens is 306 g/mol. The van der Waals surface area contributed by atoms with Gasteiger partial charge in [-0.2, -0.15) is 0 Å². The minimum atomic E-state index is 0.446. The largest absolute Gasteiger partial charge is 0.485 e. The molecule has 0 radical (unpaired) electrons. The number of halogens is 1. The van der Waals surface area contributed by atoms with Crippen molar-refractivity contribution in [3.8, 4) is 5.75 Å². The van der Waals surface area contributed by atoms with Gasteiger partial charge < -0.3 is 14.5 Å². The average molecular weight is 324 g/mol. The molecule has 0 atom stereocenters. The molecule has 1 heterocycles. The summed E-state index contributed by atoms with van der Waals surface area (Å²) in [5.74, 6) is 2.69. The first-order chi connectivity index (χ1) is 9.10. The lowest BCUT2D eigenvalue weighted by atomic mass is 10.2. The smallest absolute Gasteiger partial charge is 0.146 e. The zero-order valence-corrected chi connectivity index (χ0v) is 13.0. The maximum Gasteiger partial charge on any atom is 0.146 e. The first-order valence-corrected chi connectivity index (χ1v) is 7.01. The fourth-order valence-electron chi connectivity index (χ4n) is 1.88. The molecule has 4 heteroatoms. The van der Waals surface area contributed by atoms with Crippen LogP contribution in [0, 0.1) is 13.8 Å². The van der Waals surface area contributed by atoms with E-state index in [9.17, 15) is 0 Å². The van der Waals surface area contributed by atoms with E-state index in [2.05, 4.69) is 21.2 Å². The van der Waals surface area contributed by atoms with Crippen LogP contribution in [0.15, 0.2) is 33.2 Å². The summed E-state index contributed by atoms with van der Waals surface area (Å²) < 4.78 is 12.6. The number of nitrogens with one attached hydrogen (secondary N) is 1. The Bertz CT molecular complexity index is 563. The second-order valence-electron chi connectivity index (χ2n) is 4.55. The maximum absolute atomic E-state index is 5.81. The standard InChI is InChI=1S/C15H18BrNO2/c1-10-4-5-12(16)7-14(10)18-9-13-6-11(2)15(19-13)8-17-3/h4-7,17H,8-9H2,1-3H3. The number of hydrogen-bond donors (Lipinski definition) is 1. The molecule has 1 N–H and O–H groups in total. The summed E-state index contributed by atoms with van der Waals surface area (Å²) in [5.41, 5.74) is 2.26. The Morgan fingerprint density at radius 1 is 1.21 bits per heavy atom. The van der Waals surface area contributed by atoms with Crippen molar-refractivity contribution in [2.75, 3.05) is 7.05 Å². The number of aryl methyl sites for hydroxylation is 2. The van der Waals surface area contributed by atoms with Crippen molar-refractivity contribution in [3.05, 3.63) is 51.4 Å². The van der Waals surface area contributed by atoms with E-state index in [1.54, 1.807) is 0 Å². The molecule has 3 nitrogen and oxygen atoms in total. The SMILES string of the molecule is CNCc1oc(COc2cc(Br)ccc2C)cc1C. The minimum Gasteiger partial charge on any atom is -0.485 e. The molecule has 1 aromatic heterocycles. The number of ether oxygens (including phenoxy) is 1. The summed E-state index contributed by atoms with van der Waals surface area (Å²) >= 11 is 3.45. The fraction of sp³-hybridized carbons (Fsp3) is 0.333. The molecule has 102 valence electrons. The summed E-state index contributed by atoms with van der Waals surface area (Å²) in [7, 11) is 1.91. The van der Waals surface area contributed by atoms with Crippen LogP contribution in [0.3, 0.4) is 0 Å². The Balaban J connectivity index is 2.06. The van der Waals surface area contributed by atoms with E-state index in [1.165, 1.54) is 0 Å². The van der Waals surface area contributed by atoms with Crippen LogP contribution < -0.4 is 10.1 Å². The van der Waals surface area contributed by atoms with Gasteiger partial charge in [0.25, 0.3) is 0 Å². The summed E-state index contributed by atoms with van der Waals surface area (Å²) in [5, 5.41) is 3.09. The van der Waals surface area contributed by atoms with Crippen LogP contribution in [-0.4, -0.2) is 7.05 Å². The van der Waals surface area contributed by atoms with Gasteiger partial charge in [0.15, 0.2) is 0 Å².